The molecule has 0 heterocycles. The van der Waals surface area contributed by atoms with Crippen LogP contribution in [0.2, 0.25) is 0 Å². The highest BCUT2D eigenvalue weighted by Crippen LogP contribution is 2.23. The van der Waals surface area contributed by atoms with E-state index in [9.17, 15) is 0 Å². The van der Waals surface area contributed by atoms with Crippen molar-refractivity contribution < 1.29 is 4.74 Å². The number of nitrogens with one attached hydrogen (secondary N) is 1. The van der Waals surface area contributed by atoms with Crippen LogP contribution in [0.15, 0.2) is 22.7 Å². The Hall–Kier alpha value is -0.580. The van der Waals surface area contributed by atoms with Crippen molar-refractivity contribution in [2.24, 2.45) is 0 Å². The van der Waals surface area contributed by atoms with Crippen LogP contribution < -0.4 is 10.1 Å². The summed E-state index contributed by atoms with van der Waals surface area (Å²) in [5.74, 6) is 1.00. The lowest BCUT2D eigenvalue weighted by molar-refractivity contribution is 0.260. The van der Waals surface area contributed by atoms with E-state index in [0.29, 0.717) is 0 Å². The van der Waals surface area contributed by atoms with Crippen LogP contribution in [0.3, 0.4) is 0 Å². The fourth-order valence-electron chi connectivity index (χ4n) is 2.79. The average molecular weight is 413 g/mol. The quantitative estimate of drug-likeness (QED) is 0.378. The molecular formula is C21H37BrN2O. The van der Waals surface area contributed by atoms with Gasteiger partial charge < -0.3 is 15.0 Å². The van der Waals surface area contributed by atoms with Crippen molar-refractivity contribution >= 4 is 15.9 Å². The van der Waals surface area contributed by atoms with Crippen LogP contribution in [0.25, 0.3) is 0 Å². The van der Waals surface area contributed by atoms with Gasteiger partial charge in [0.25, 0.3) is 0 Å². The summed E-state index contributed by atoms with van der Waals surface area (Å²) in [5, 5.41) is 3.59. The lowest BCUT2D eigenvalue weighted by atomic mass is 10.2. The molecule has 1 aromatic carbocycles. The second-order valence-corrected chi connectivity index (χ2v) is 7.60. The van der Waals surface area contributed by atoms with Gasteiger partial charge in [0.2, 0.25) is 0 Å². The minimum Gasteiger partial charge on any atom is -0.493 e. The van der Waals surface area contributed by atoms with Crippen LogP contribution >= 0.6 is 15.9 Å². The van der Waals surface area contributed by atoms with Crippen LogP contribution in [0.1, 0.15) is 64.9 Å². The second-order valence-electron chi connectivity index (χ2n) is 6.68. The van der Waals surface area contributed by atoms with Gasteiger partial charge in [-0.15, -0.1) is 0 Å². The molecule has 0 amide bonds. The van der Waals surface area contributed by atoms with Gasteiger partial charge in [-0.05, 0) is 70.1 Å². The third-order valence-corrected chi connectivity index (χ3v) is 4.78. The van der Waals surface area contributed by atoms with Crippen LogP contribution in [0, 0.1) is 0 Å². The van der Waals surface area contributed by atoms with Gasteiger partial charge >= 0.3 is 0 Å². The smallest absolute Gasteiger partial charge is 0.123 e. The highest BCUT2D eigenvalue weighted by atomic mass is 79.9. The summed E-state index contributed by atoms with van der Waals surface area (Å²) >= 11 is 3.56. The topological polar surface area (TPSA) is 24.5 Å². The predicted molar refractivity (Wildman–Crippen MR) is 113 cm³/mol. The summed E-state index contributed by atoms with van der Waals surface area (Å²) in [5.41, 5.74) is 1.23. The summed E-state index contributed by atoms with van der Waals surface area (Å²) < 4.78 is 6.97. The first-order chi connectivity index (χ1) is 12.2. The van der Waals surface area contributed by atoms with E-state index >= 15 is 0 Å². The molecule has 0 aromatic heterocycles. The number of ether oxygens (including phenoxy) is 1. The molecule has 0 radical (unpaired) electrons. The maximum absolute atomic E-state index is 5.86. The zero-order chi connectivity index (χ0) is 18.3. The minimum absolute atomic E-state index is 0.776. The van der Waals surface area contributed by atoms with Gasteiger partial charge in [0.15, 0.2) is 0 Å². The van der Waals surface area contributed by atoms with Gasteiger partial charge in [0, 0.05) is 16.6 Å². The Kier molecular flexibility index (Phi) is 13.1. The molecule has 0 aliphatic heterocycles. The molecule has 144 valence electrons. The Morgan fingerprint density at radius 2 is 1.64 bits per heavy atom. The summed E-state index contributed by atoms with van der Waals surface area (Å²) in [4.78, 5) is 2.63. The van der Waals surface area contributed by atoms with Gasteiger partial charge in [0.1, 0.15) is 5.75 Å². The molecule has 25 heavy (non-hydrogen) atoms. The molecule has 0 saturated heterocycles. The SMILES string of the molecule is CCCCN(CCCC)CCCNCc1cc(Br)ccc1OCCC. The Bertz CT molecular complexity index is 446. The van der Waals surface area contributed by atoms with Gasteiger partial charge in [-0.25, -0.2) is 0 Å². The van der Waals surface area contributed by atoms with Gasteiger partial charge in [-0.3, -0.25) is 0 Å². The summed E-state index contributed by atoms with van der Waals surface area (Å²) in [7, 11) is 0. The number of benzene rings is 1. The molecule has 1 aromatic rings. The number of hydrogen-bond acceptors (Lipinski definition) is 3. The van der Waals surface area contributed by atoms with E-state index in [-0.39, 0.29) is 0 Å². The van der Waals surface area contributed by atoms with E-state index < -0.39 is 0 Å². The van der Waals surface area contributed by atoms with Crippen molar-refractivity contribution in [2.45, 2.75) is 65.8 Å². The van der Waals surface area contributed by atoms with E-state index in [1.54, 1.807) is 0 Å². The van der Waals surface area contributed by atoms with Crippen LogP contribution in [-0.4, -0.2) is 37.7 Å². The number of hydrogen-bond donors (Lipinski definition) is 1. The van der Waals surface area contributed by atoms with Crippen molar-refractivity contribution in [1.82, 2.24) is 10.2 Å². The van der Waals surface area contributed by atoms with Gasteiger partial charge in [0.05, 0.1) is 6.61 Å². The Morgan fingerprint density at radius 3 is 2.28 bits per heavy atom. The van der Waals surface area contributed by atoms with Gasteiger partial charge in [-0.2, -0.15) is 0 Å². The van der Waals surface area contributed by atoms with Crippen LogP contribution in [0.5, 0.6) is 5.75 Å². The fraction of sp³-hybridized carbons (Fsp3) is 0.714. The molecule has 3 nitrogen and oxygen atoms in total. The number of unbranched alkanes of at least 4 members (excludes halogenated alkanes) is 2. The average Bonchev–Trinajstić information content (AvgIpc) is 2.62. The molecular weight excluding hydrogens is 376 g/mol. The lowest BCUT2D eigenvalue weighted by Gasteiger charge is -2.22. The van der Waals surface area contributed by atoms with E-state index in [0.717, 1.165) is 36.3 Å². The third kappa shape index (κ3) is 10.2. The summed E-state index contributed by atoms with van der Waals surface area (Å²) in [6.45, 7) is 13.1. The third-order valence-electron chi connectivity index (χ3n) is 4.28. The van der Waals surface area contributed by atoms with E-state index in [4.69, 9.17) is 4.74 Å². The molecule has 4 heteroatoms. The largest absolute Gasteiger partial charge is 0.493 e. The number of rotatable bonds is 15. The van der Waals surface area contributed by atoms with Crippen LogP contribution in [0.4, 0.5) is 0 Å². The first-order valence-electron chi connectivity index (χ1n) is 10.1. The number of nitrogens with zero attached hydrogens (tertiary/aromatic N) is 1. The normalized spacial score (nSPS) is 11.2. The van der Waals surface area contributed by atoms with E-state index in [1.165, 1.54) is 57.3 Å². The van der Waals surface area contributed by atoms with Crippen LogP contribution in [-0.2, 0) is 6.54 Å². The Morgan fingerprint density at radius 1 is 0.960 bits per heavy atom. The molecule has 1 rings (SSSR count). The molecule has 0 fully saturated rings. The number of halogens is 1. The zero-order valence-electron chi connectivity index (χ0n) is 16.5. The lowest BCUT2D eigenvalue weighted by Crippen LogP contribution is -2.29. The van der Waals surface area contributed by atoms with Crippen molar-refractivity contribution in [1.29, 1.82) is 0 Å². The summed E-state index contributed by atoms with van der Waals surface area (Å²) in [6, 6.07) is 6.27. The van der Waals surface area contributed by atoms with E-state index in [2.05, 4.69) is 59.1 Å². The summed E-state index contributed by atoms with van der Waals surface area (Å²) in [6.07, 6.45) is 7.43. The van der Waals surface area contributed by atoms with Crippen molar-refractivity contribution in [3.8, 4) is 5.75 Å². The fourth-order valence-corrected chi connectivity index (χ4v) is 3.20. The molecule has 0 saturated carbocycles. The maximum Gasteiger partial charge on any atom is 0.123 e. The monoisotopic (exact) mass is 412 g/mol. The molecule has 0 bridgehead atoms. The first kappa shape index (κ1) is 22.5. The van der Waals surface area contributed by atoms with Crippen molar-refractivity contribution in [3.63, 3.8) is 0 Å². The molecule has 0 spiro atoms. The van der Waals surface area contributed by atoms with E-state index in [1.807, 2.05) is 6.07 Å². The zero-order valence-corrected chi connectivity index (χ0v) is 18.0. The Labute approximate surface area is 163 Å². The predicted octanol–water partition coefficient (Wildman–Crippen LogP) is 5.62. The Balaban J connectivity index is 2.34. The molecule has 0 atom stereocenters. The highest BCUT2D eigenvalue weighted by Gasteiger charge is 2.06. The second kappa shape index (κ2) is 14.6. The molecule has 1 N–H and O–H groups in total. The van der Waals surface area contributed by atoms with Crippen molar-refractivity contribution in [3.05, 3.63) is 28.2 Å². The highest BCUT2D eigenvalue weighted by molar-refractivity contribution is 9.10. The molecule has 0 unspecified atom stereocenters. The van der Waals surface area contributed by atoms with Gasteiger partial charge in [-0.1, -0.05) is 49.5 Å². The molecule has 0 aliphatic carbocycles. The maximum atomic E-state index is 5.86. The molecule has 0 aliphatic rings. The van der Waals surface area contributed by atoms with Crippen molar-refractivity contribution in [2.75, 3.05) is 32.8 Å². The first-order valence-corrected chi connectivity index (χ1v) is 10.8. The minimum atomic E-state index is 0.776. The standard InChI is InChI=1S/C21H37BrN2O/c1-4-7-13-24(14-8-5-2)15-9-12-23-18-19-17-20(22)10-11-21(19)25-16-6-3/h10-11,17,23H,4-9,12-16,18H2,1-3H3.